The van der Waals surface area contributed by atoms with Crippen LogP contribution in [0.3, 0.4) is 0 Å². The predicted molar refractivity (Wildman–Crippen MR) is 99.6 cm³/mol. The monoisotopic (exact) mass is 371 g/mol. The van der Waals surface area contributed by atoms with Gasteiger partial charge in [0.2, 0.25) is 0 Å². The second-order valence-electron chi connectivity index (χ2n) is 6.02. The Morgan fingerprint density at radius 3 is 2.65 bits per heavy atom. The van der Waals surface area contributed by atoms with E-state index in [0.717, 1.165) is 10.1 Å². The Morgan fingerprint density at radius 1 is 1.15 bits per heavy atom. The summed E-state index contributed by atoms with van der Waals surface area (Å²) in [6.07, 6.45) is -0.925. The molecule has 3 rings (SSSR count). The molecule has 0 unspecified atom stereocenters. The molecule has 0 saturated heterocycles. The van der Waals surface area contributed by atoms with Crippen LogP contribution >= 0.6 is 11.3 Å². The summed E-state index contributed by atoms with van der Waals surface area (Å²) in [6.45, 7) is 1.77. The normalized spacial score (nSPS) is 12.0. The summed E-state index contributed by atoms with van der Waals surface area (Å²) < 4.78 is 19.6. The molecule has 0 aliphatic carbocycles. The number of esters is 1. The van der Waals surface area contributed by atoms with Crippen LogP contribution in [-0.2, 0) is 16.1 Å². The largest absolute Gasteiger partial charge is 0.448 e. The van der Waals surface area contributed by atoms with Gasteiger partial charge in [0, 0.05) is 18.3 Å². The Bertz CT molecular complexity index is 920. The Kier molecular flexibility index (Phi) is 5.32. The number of nitrogens with zero attached hydrogens (tertiary/aromatic N) is 1. The van der Waals surface area contributed by atoms with Crippen molar-refractivity contribution in [3.63, 3.8) is 0 Å². The molecule has 1 aromatic heterocycles. The van der Waals surface area contributed by atoms with Crippen LogP contribution < -0.4 is 0 Å². The maximum absolute atomic E-state index is 13.3. The van der Waals surface area contributed by atoms with Crippen molar-refractivity contribution in [2.45, 2.75) is 19.6 Å². The lowest BCUT2D eigenvalue weighted by Crippen LogP contribution is -2.37. The van der Waals surface area contributed by atoms with Gasteiger partial charge in [-0.15, -0.1) is 11.3 Å². The second-order valence-corrected chi connectivity index (χ2v) is 7.10. The summed E-state index contributed by atoms with van der Waals surface area (Å²) >= 11 is 1.33. The number of carbonyl (C=O) groups is 2. The lowest BCUT2D eigenvalue weighted by atomic mass is 10.2. The highest BCUT2D eigenvalue weighted by Crippen LogP contribution is 2.26. The van der Waals surface area contributed by atoms with Gasteiger partial charge < -0.3 is 9.64 Å². The molecule has 0 fully saturated rings. The number of fused-ring (bicyclic) bond motifs is 1. The van der Waals surface area contributed by atoms with Crippen molar-refractivity contribution in [3.05, 3.63) is 70.9 Å². The molecular formula is C20H18FNO3S. The molecule has 0 saturated carbocycles. The maximum Gasteiger partial charge on any atom is 0.349 e. The molecule has 0 aliphatic rings. The number of hydrogen-bond donors (Lipinski definition) is 0. The Hall–Kier alpha value is -2.73. The summed E-state index contributed by atoms with van der Waals surface area (Å²) in [6, 6.07) is 15.5. The lowest BCUT2D eigenvalue weighted by Gasteiger charge is -2.21. The highest BCUT2D eigenvalue weighted by Gasteiger charge is 2.23. The van der Waals surface area contributed by atoms with Crippen LogP contribution in [-0.4, -0.2) is 29.9 Å². The quantitative estimate of drug-likeness (QED) is 0.630. The topological polar surface area (TPSA) is 46.6 Å². The first kappa shape index (κ1) is 18.1. The van der Waals surface area contributed by atoms with Gasteiger partial charge in [-0.3, -0.25) is 4.79 Å². The van der Waals surface area contributed by atoms with E-state index in [-0.39, 0.29) is 18.3 Å². The highest BCUT2D eigenvalue weighted by molar-refractivity contribution is 7.20. The number of carbonyl (C=O) groups excluding carboxylic acids is 2. The molecule has 134 valence electrons. The summed E-state index contributed by atoms with van der Waals surface area (Å²) in [4.78, 5) is 26.6. The molecule has 0 aliphatic heterocycles. The number of hydrogen-bond acceptors (Lipinski definition) is 4. The van der Waals surface area contributed by atoms with E-state index in [1.807, 2.05) is 24.3 Å². The average Bonchev–Trinajstić information content (AvgIpc) is 3.05. The number of benzene rings is 2. The van der Waals surface area contributed by atoms with Crippen LogP contribution in [0.1, 0.15) is 22.2 Å². The summed E-state index contributed by atoms with van der Waals surface area (Å²) in [5.74, 6) is -1.22. The number of thiophene rings is 1. The van der Waals surface area contributed by atoms with Crippen LogP contribution in [0, 0.1) is 5.82 Å². The molecule has 1 atom stereocenters. The molecule has 3 aromatic rings. The van der Waals surface area contributed by atoms with Gasteiger partial charge in [-0.05, 0) is 42.1 Å². The van der Waals surface area contributed by atoms with E-state index in [2.05, 4.69) is 0 Å². The van der Waals surface area contributed by atoms with Crippen LogP contribution in [0.4, 0.5) is 4.39 Å². The third kappa shape index (κ3) is 4.08. The van der Waals surface area contributed by atoms with Crippen molar-refractivity contribution in [2.24, 2.45) is 0 Å². The number of amides is 1. The summed E-state index contributed by atoms with van der Waals surface area (Å²) in [7, 11) is 1.59. The fourth-order valence-corrected chi connectivity index (χ4v) is 3.59. The van der Waals surface area contributed by atoms with E-state index in [4.69, 9.17) is 4.74 Å². The van der Waals surface area contributed by atoms with Crippen molar-refractivity contribution in [3.8, 4) is 0 Å². The predicted octanol–water partition coefficient (Wildman–Crippen LogP) is 4.24. The van der Waals surface area contributed by atoms with Gasteiger partial charge in [-0.25, -0.2) is 9.18 Å². The van der Waals surface area contributed by atoms with E-state index in [1.165, 1.54) is 35.3 Å². The van der Waals surface area contributed by atoms with Crippen molar-refractivity contribution >= 4 is 33.3 Å². The van der Waals surface area contributed by atoms with Gasteiger partial charge in [0.05, 0.1) is 0 Å². The standard InChI is InChI=1S/C20H18FNO3S/c1-13(19(23)22(2)12-14-6-5-8-16(21)10-14)25-20(24)18-11-15-7-3-4-9-17(15)26-18/h3-11,13H,12H2,1-2H3/t13-/m0/s1. The third-order valence-electron chi connectivity index (χ3n) is 3.94. The molecule has 0 radical (unpaired) electrons. The van der Waals surface area contributed by atoms with E-state index in [0.29, 0.717) is 10.4 Å². The lowest BCUT2D eigenvalue weighted by molar-refractivity contribution is -0.139. The van der Waals surface area contributed by atoms with Crippen molar-refractivity contribution < 1.29 is 18.7 Å². The maximum atomic E-state index is 13.3. The van der Waals surface area contributed by atoms with Crippen molar-refractivity contribution in [2.75, 3.05) is 7.05 Å². The number of halogens is 1. The van der Waals surface area contributed by atoms with E-state index < -0.39 is 12.1 Å². The number of ether oxygens (including phenoxy) is 1. The minimum absolute atomic E-state index is 0.237. The SMILES string of the molecule is C[C@H](OC(=O)c1cc2ccccc2s1)C(=O)N(C)Cc1cccc(F)c1. The molecule has 4 nitrogen and oxygen atoms in total. The molecule has 2 aromatic carbocycles. The minimum Gasteiger partial charge on any atom is -0.448 e. The molecule has 26 heavy (non-hydrogen) atoms. The van der Waals surface area contributed by atoms with Gasteiger partial charge in [0.1, 0.15) is 10.7 Å². The van der Waals surface area contributed by atoms with Gasteiger partial charge in [-0.2, -0.15) is 0 Å². The molecular weight excluding hydrogens is 353 g/mol. The first-order valence-corrected chi connectivity index (χ1v) is 8.94. The number of likely N-dealkylation sites (N-methyl/N-ethyl adjacent to an activating group) is 1. The smallest absolute Gasteiger partial charge is 0.349 e. The van der Waals surface area contributed by atoms with E-state index >= 15 is 0 Å². The first-order valence-electron chi connectivity index (χ1n) is 8.13. The van der Waals surface area contributed by atoms with Gasteiger partial charge >= 0.3 is 5.97 Å². The zero-order valence-corrected chi connectivity index (χ0v) is 15.3. The van der Waals surface area contributed by atoms with Crippen LogP contribution in [0.2, 0.25) is 0 Å². The van der Waals surface area contributed by atoms with E-state index in [9.17, 15) is 14.0 Å². The van der Waals surface area contributed by atoms with Gasteiger partial charge in [0.25, 0.3) is 5.91 Å². The van der Waals surface area contributed by atoms with E-state index in [1.54, 1.807) is 25.2 Å². The molecule has 0 bridgehead atoms. The van der Waals surface area contributed by atoms with Gasteiger partial charge in [-0.1, -0.05) is 30.3 Å². The molecule has 1 heterocycles. The Balaban J connectivity index is 1.63. The highest BCUT2D eigenvalue weighted by atomic mass is 32.1. The van der Waals surface area contributed by atoms with Crippen LogP contribution in [0.25, 0.3) is 10.1 Å². The summed E-state index contributed by atoms with van der Waals surface area (Å²) in [5.41, 5.74) is 0.670. The minimum atomic E-state index is -0.925. The van der Waals surface area contributed by atoms with Crippen LogP contribution in [0.15, 0.2) is 54.6 Å². The molecule has 6 heteroatoms. The van der Waals surface area contributed by atoms with Crippen molar-refractivity contribution in [1.82, 2.24) is 4.90 Å². The zero-order chi connectivity index (χ0) is 18.7. The molecule has 0 spiro atoms. The molecule has 0 N–H and O–H groups in total. The van der Waals surface area contributed by atoms with Crippen molar-refractivity contribution in [1.29, 1.82) is 0 Å². The second kappa shape index (κ2) is 7.66. The number of rotatable bonds is 5. The van der Waals surface area contributed by atoms with Gasteiger partial charge in [0.15, 0.2) is 6.10 Å². The average molecular weight is 371 g/mol. The fraction of sp³-hybridized carbons (Fsp3) is 0.200. The molecule has 1 amide bonds. The summed E-state index contributed by atoms with van der Waals surface area (Å²) in [5, 5.41) is 0.964. The zero-order valence-electron chi connectivity index (χ0n) is 14.4. The Morgan fingerprint density at radius 2 is 1.92 bits per heavy atom. The Labute approximate surface area is 154 Å². The fourth-order valence-electron chi connectivity index (χ4n) is 2.65. The third-order valence-corrected chi connectivity index (χ3v) is 5.04. The first-order chi connectivity index (χ1) is 12.4. The van der Waals surface area contributed by atoms with Crippen LogP contribution in [0.5, 0.6) is 0 Å².